The second-order valence-electron chi connectivity index (χ2n) is 12.0. The topological polar surface area (TPSA) is 46.5 Å². The molecular weight excluding hydrogens is 541 g/mol. The lowest BCUT2D eigenvalue weighted by Gasteiger charge is -2.30. The molecule has 0 amide bonds. The fraction of sp³-hybridized carbons (Fsp3) is 0.794. The van der Waals surface area contributed by atoms with Gasteiger partial charge in [0.25, 0.3) is 0 Å². The Balaban J connectivity index is 0.000000968. The van der Waals surface area contributed by atoms with E-state index in [1.807, 2.05) is 0 Å². The summed E-state index contributed by atoms with van der Waals surface area (Å²) < 4.78 is 6.07. The number of halogens is 2. The summed E-state index contributed by atoms with van der Waals surface area (Å²) >= 11 is 11.4. The molecule has 1 aromatic carbocycles. The van der Waals surface area contributed by atoms with E-state index in [1.54, 1.807) is 0 Å². The summed E-state index contributed by atoms with van der Waals surface area (Å²) in [4.78, 5) is 10.7. The molecule has 0 aromatic heterocycles. The number of hydrogen-bond donors (Lipinski definition) is 1. The average Bonchev–Trinajstić information content (AvgIpc) is 2.92. The highest BCUT2D eigenvalue weighted by molar-refractivity contribution is 6.36. The molecule has 40 heavy (non-hydrogen) atoms. The highest BCUT2D eigenvalue weighted by Gasteiger charge is 2.18. The Kier molecular flexibility index (Phi) is 25.1. The van der Waals surface area contributed by atoms with Gasteiger partial charge < -0.3 is 14.3 Å². The van der Waals surface area contributed by atoms with Crippen LogP contribution in [0, 0.1) is 0 Å². The first kappa shape index (κ1) is 39.0. The molecule has 0 saturated carbocycles. The number of carbonyl (C=O) groups is 1. The second-order valence-corrected chi connectivity index (χ2v) is 12.8. The van der Waals surface area contributed by atoms with Gasteiger partial charge in [-0.25, -0.2) is 4.79 Å². The van der Waals surface area contributed by atoms with Gasteiger partial charge in [0.1, 0.15) is 5.56 Å². The fourth-order valence-electron chi connectivity index (χ4n) is 5.10. The van der Waals surface area contributed by atoms with Gasteiger partial charge in [-0.05, 0) is 37.8 Å². The number of nitrogens with zero attached hydrogens (tertiary/aromatic N) is 1. The molecule has 0 aliphatic carbocycles. The molecule has 0 saturated heterocycles. The second kappa shape index (κ2) is 25.7. The van der Waals surface area contributed by atoms with E-state index in [4.69, 9.17) is 33.0 Å². The van der Waals surface area contributed by atoms with Crippen molar-refractivity contribution in [2.24, 2.45) is 0 Å². The van der Waals surface area contributed by atoms with Crippen LogP contribution >= 0.6 is 23.2 Å². The van der Waals surface area contributed by atoms with Crippen LogP contribution in [0.4, 0.5) is 0 Å². The van der Waals surface area contributed by atoms with E-state index < -0.39 is 5.97 Å². The molecule has 0 aliphatic heterocycles. The zero-order valence-electron chi connectivity index (χ0n) is 26.7. The molecule has 6 heteroatoms. The van der Waals surface area contributed by atoms with Gasteiger partial charge in [-0.15, -0.1) is 0 Å². The summed E-state index contributed by atoms with van der Waals surface area (Å²) in [5.41, 5.74) is -0.114. The van der Waals surface area contributed by atoms with Crippen molar-refractivity contribution in [3.05, 3.63) is 27.7 Å². The first-order chi connectivity index (χ1) is 19.2. The van der Waals surface area contributed by atoms with Crippen molar-refractivity contribution in [3.8, 4) is 5.75 Å². The smallest absolute Gasteiger partial charge is 0.341 e. The van der Waals surface area contributed by atoms with E-state index >= 15 is 0 Å². The Labute approximate surface area is 257 Å². The first-order valence-corrected chi connectivity index (χ1v) is 17.0. The lowest BCUT2D eigenvalue weighted by Crippen LogP contribution is -2.41. The van der Waals surface area contributed by atoms with Crippen LogP contribution < -0.4 is 4.74 Å². The van der Waals surface area contributed by atoms with Crippen LogP contribution in [-0.4, -0.2) is 49.9 Å². The van der Waals surface area contributed by atoms with E-state index in [2.05, 4.69) is 27.9 Å². The molecular formula is C34H62Cl2NO3+. The lowest BCUT2D eigenvalue weighted by atomic mass is 10.1. The van der Waals surface area contributed by atoms with Crippen molar-refractivity contribution in [1.29, 1.82) is 0 Å². The zero-order valence-corrected chi connectivity index (χ0v) is 28.2. The van der Waals surface area contributed by atoms with E-state index in [1.165, 1.54) is 165 Å². The number of methoxy groups -OCH3 is 1. The van der Waals surface area contributed by atoms with Crippen molar-refractivity contribution in [1.82, 2.24) is 0 Å². The van der Waals surface area contributed by atoms with Crippen LogP contribution in [0.15, 0.2) is 12.1 Å². The number of hydrogen-bond acceptors (Lipinski definition) is 2. The van der Waals surface area contributed by atoms with Gasteiger partial charge in [0.05, 0.1) is 44.3 Å². The highest BCUT2D eigenvalue weighted by atomic mass is 35.5. The summed E-state index contributed by atoms with van der Waals surface area (Å²) in [7, 11) is 6.23. The van der Waals surface area contributed by atoms with Crippen molar-refractivity contribution < 1.29 is 19.1 Å². The molecule has 234 valence electrons. The minimum absolute atomic E-state index is 0.0849. The SMILES string of the molecule is CCCCCCCCCCCC[N+](C)(C)CCCCCCCCCCCC.COc1c(Cl)ccc(Cl)c1C(=O)O. The third-order valence-electron chi connectivity index (χ3n) is 7.71. The predicted octanol–water partition coefficient (Wildman–Crippen LogP) is 11.6. The molecule has 1 N–H and O–H groups in total. The molecule has 0 bridgehead atoms. The number of quaternary nitrogens is 1. The normalized spacial score (nSPS) is 11.3. The molecule has 1 aromatic rings. The molecule has 4 nitrogen and oxygen atoms in total. The van der Waals surface area contributed by atoms with Crippen LogP contribution in [0.25, 0.3) is 0 Å². The number of benzene rings is 1. The van der Waals surface area contributed by atoms with Crippen LogP contribution in [0.3, 0.4) is 0 Å². The van der Waals surface area contributed by atoms with Crippen LogP contribution in [0.2, 0.25) is 10.0 Å². The van der Waals surface area contributed by atoms with Gasteiger partial charge in [-0.1, -0.05) is 140 Å². The summed E-state index contributed by atoms with van der Waals surface area (Å²) in [5, 5.41) is 9.11. The Hall–Kier alpha value is -0.970. The van der Waals surface area contributed by atoms with E-state index in [-0.39, 0.29) is 21.4 Å². The third-order valence-corrected chi connectivity index (χ3v) is 8.32. The fourth-order valence-corrected chi connectivity index (χ4v) is 5.56. The molecule has 0 atom stereocenters. The van der Waals surface area contributed by atoms with Crippen molar-refractivity contribution in [2.45, 2.75) is 142 Å². The van der Waals surface area contributed by atoms with E-state index in [0.29, 0.717) is 0 Å². The molecule has 0 radical (unpaired) electrons. The lowest BCUT2D eigenvalue weighted by molar-refractivity contribution is -0.890. The summed E-state index contributed by atoms with van der Waals surface area (Å²) in [5.74, 6) is -1.08. The maximum Gasteiger partial charge on any atom is 0.341 e. The van der Waals surface area contributed by atoms with Crippen molar-refractivity contribution >= 4 is 29.2 Å². The average molecular weight is 604 g/mol. The number of carboxylic acids is 1. The van der Waals surface area contributed by atoms with Crippen molar-refractivity contribution in [2.75, 3.05) is 34.3 Å². The maximum atomic E-state index is 10.7. The van der Waals surface area contributed by atoms with Gasteiger partial charge in [0, 0.05) is 0 Å². The quantitative estimate of drug-likeness (QED) is 0.0944. The number of carboxylic acid groups (broad SMARTS) is 1. The Morgan fingerprint density at radius 1 is 0.650 bits per heavy atom. The predicted molar refractivity (Wildman–Crippen MR) is 176 cm³/mol. The van der Waals surface area contributed by atoms with Crippen LogP contribution in [0.5, 0.6) is 5.75 Å². The standard InChI is InChI=1S/C26H56N.C8H6Cl2O3/c1-5-7-9-11-13-15-17-19-21-23-25-27(3,4)26-24-22-20-18-16-14-12-10-8-6-2;1-13-7-5(10)3-2-4(9)6(7)8(11)12/h5-26H2,1-4H3;2-3H,1H3,(H,11,12)/q+1;. The third kappa shape index (κ3) is 20.8. The van der Waals surface area contributed by atoms with Crippen molar-refractivity contribution in [3.63, 3.8) is 0 Å². The molecule has 0 fully saturated rings. The zero-order chi connectivity index (χ0) is 30.1. The largest absolute Gasteiger partial charge is 0.494 e. The number of unbranched alkanes of at least 4 members (excludes halogenated alkanes) is 18. The monoisotopic (exact) mass is 602 g/mol. The maximum absolute atomic E-state index is 10.7. The molecule has 1 rings (SSSR count). The molecule has 0 unspecified atom stereocenters. The molecule has 0 spiro atoms. The number of rotatable bonds is 24. The number of ether oxygens (including phenoxy) is 1. The van der Waals surface area contributed by atoms with Gasteiger partial charge in [0.2, 0.25) is 0 Å². The summed E-state index contributed by atoms with van der Waals surface area (Å²) in [6, 6.07) is 2.89. The van der Waals surface area contributed by atoms with Gasteiger partial charge in [-0.3, -0.25) is 0 Å². The van der Waals surface area contributed by atoms with Gasteiger partial charge >= 0.3 is 5.97 Å². The van der Waals surface area contributed by atoms with E-state index in [0.717, 1.165) is 0 Å². The number of aromatic carboxylic acids is 1. The Morgan fingerprint density at radius 2 is 0.975 bits per heavy atom. The molecule has 0 heterocycles. The van der Waals surface area contributed by atoms with Crippen LogP contribution in [-0.2, 0) is 0 Å². The minimum atomic E-state index is -1.16. The first-order valence-electron chi connectivity index (χ1n) is 16.3. The highest BCUT2D eigenvalue weighted by Crippen LogP contribution is 2.33. The van der Waals surface area contributed by atoms with Gasteiger partial charge in [0.15, 0.2) is 5.75 Å². The van der Waals surface area contributed by atoms with Gasteiger partial charge in [-0.2, -0.15) is 0 Å². The van der Waals surface area contributed by atoms with E-state index in [9.17, 15) is 4.79 Å². The molecule has 0 aliphatic rings. The van der Waals surface area contributed by atoms with Crippen LogP contribution in [0.1, 0.15) is 153 Å². The Bertz CT molecular complexity index is 729. The minimum Gasteiger partial charge on any atom is -0.494 e. The Morgan fingerprint density at radius 3 is 1.27 bits per heavy atom. The summed E-state index contributed by atoms with van der Waals surface area (Å²) in [6.07, 6.45) is 29.0. The summed E-state index contributed by atoms with van der Waals surface area (Å²) in [6.45, 7) is 7.37.